The summed E-state index contributed by atoms with van der Waals surface area (Å²) >= 11 is 0. The summed E-state index contributed by atoms with van der Waals surface area (Å²) in [5.41, 5.74) is 16.0. The van der Waals surface area contributed by atoms with Gasteiger partial charge in [-0.3, -0.25) is 4.98 Å². The van der Waals surface area contributed by atoms with Crippen molar-refractivity contribution in [2.45, 2.75) is 60.3 Å². The number of fused-ring (bicyclic) bond motifs is 8. The molecule has 3 aromatic heterocycles. The van der Waals surface area contributed by atoms with Crippen LogP contribution in [0.15, 0.2) is 30.8 Å². The average Bonchev–Trinajstić information content (AvgIpc) is 3.49. The first-order chi connectivity index (χ1) is 15.8. The molecule has 1 unspecified atom stereocenters. The van der Waals surface area contributed by atoms with Crippen LogP contribution in [0, 0.1) is 20.8 Å². The van der Waals surface area contributed by atoms with E-state index in [4.69, 9.17) is 9.97 Å². The Bertz CT molecular complexity index is 1490. The number of H-pyrrole nitrogens is 2. The SMILES string of the molecule is C=Cc1c(C)c2cc3nc(c(C)c4cc(C)c(cc5nc(cc1[nH]2)C(C)=C5CC)[nH]4)CC3C. The van der Waals surface area contributed by atoms with Gasteiger partial charge >= 0.3 is 0 Å². The lowest BCUT2D eigenvalue weighted by atomic mass is 10.0. The quantitative estimate of drug-likeness (QED) is 0.435. The predicted molar refractivity (Wildman–Crippen MR) is 140 cm³/mol. The Balaban J connectivity index is 1.98. The zero-order valence-corrected chi connectivity index (χ0v) is 20.5. The van der Waals surface area contributed by atoms with Crippen molar-refractivity contribution in [3.8, 4) is 0 Å². The first-order valence-corrected chi connectivity index (χ1v) is 11.8. The van der Waals surface area contributed by atoms with E-state index in [1.165, 1.54) is 27.8 Å². The number of rotatable bonds is 2. The monoisotopic (exact) mass is 436 g/mol. The Morgan fingerprint density at radius 2 is 1.61 bits per heavy atom. The summed E-state index contributed by atoms with van der Waals surface area (Å²) in [5, 5.41) is 0. The molecule has 5 rings (SSSR count). The topological polar surface area (TPSA) is 57.4 Å². The highest BCUT2D eigenvalue weighted by Gasteiger charge is 2.20. The lowest BCUT2D eigenvalue weighted by molar-refractivity contribution is 0.794. The van der Waals surface area contributed by atoms with E-state index in [0.717, 1.165) is 63.2 Å². The van der Waals surface area contributed by atoms with Crippen molar-refractivity contribution in [2.24, 2.45) is 0 Å². The minimum Gasteiger partial charge on any atom is -0.355 e. The molecule has 168 valence electrons. The smallest absolute Gasteiger partial charge is 0.0693 e. The van der Waals surface area contributed by atoms with Crippen LogP contribution in [0.5, 0.6) is 0 Å². The van der Waals surface area contributed by atoms with Crippen molar-refractivity contribution >= 4 is 39.3 Å². The number of nitrogens with one attached hydrogen (secondary N) is 2. The molecular formula is C29H32N4. The van der Waals surface area contributed by atoms with Crippen LogP contribution in [0.3, 0.4) is 0 Å². The maximum atomic E-state index is 5.07. The van der Waals surface area contributed by atoms with Gasteiger partial charge in [-0.25, -0.2) is 4.98 Å². The predicted octanol–water partition coefficient (Wildman–Crippen LogP) is 7.57. The summed E-state index contributed by atoms with van der Waals surface area (Å²) in [4.78, 5) is 17.4. The van der Waals surface area contributed by atoms with Gasteiger partial charge in [-0.1, -0.05) is 26.5 Å². The van der Waals surface area contributed by atoms with Crippen LogP contribution in [0.25, 0.3) is 39.3 Å². The Kier molecular flexibility index (Phi) is 5.12. The first kappa shape index (κ1) is 21.4. The van der Waals surface area contributed by atoms with Crippen LogP contribution in [0.1, 0.15) is 78.1 Å². The second kappa shape index (κ2) is 7.87. The van der Waals surface area contributed by atoms with Crippen LogP contribution < -0.4 is 0 Å². The van der Waals surface area contributed by atoms with E-state index in [1.54, 1.807) is 0 Å². The van der Waals surface area contributed by atoms with Crippen molar-refractivity contribution in [2.75, 3.05) is 0 Å². The fourth-order valence-corrected chi connectivity index (χ4v) is 5.13. The van der Waals surface area contributed by atoms with Gasteiger partial charge in [0.05, 0.1) is 11.4 Å². The van der Waals surface area contributed by atoms with Gasteiger partial charge in [-0.15, -0.1) is 0 Å². The summed E-state index contributed by atoms with van der Waals surface area (Å²) in [6.45, 7) is 17.2. The lowest BCUT2D eigenvalue weighted by Crippen LogP contribution is -1.90. The van der Waals surface area contributed by atoms with Gasteiger partial charge in [0.15, 0.2) is 0 Å². The number of allylic oxidation sites excluding steroid dienone is 2. The van der Waals surface area contributed by atoms with Crippen LogP contribution in [-0.4, -0.2) is 19.9 Å². The molecule has 0 saturated carbocycles. The number of nitrogens with zero attached hydrogens (tertiary/aromatic N) is 2. The Labute approximate surface area is 195 Å². The molecule has 0 saturated heterocycles. The third-order valence-electron chi connectivity index (χ3n) is 7.33. The van der Waals surface area contributed by atoms with Gasteiger partial charge < -0.3 is 9.97 Å². The molecule has 8 bridgehead atoms. The molecule has 4 nitrogen and oxygen atoms in total. The highest BCUT2D eigenvalue weighted by Crippen LogP contribution is 2.34. The molecule has 0 spiro atoms. The molecule has 0 aliphatic carbocycles. The van der Waals surface area contributed by atoms with E-state index in [0.29, 0.717) is 5.92 Å². The molecular weight excluding hydrogens is 404 g/mol. The first-order valence-electron chi connectivity index (χ1n) is 11.8. The number of aryl methyl sites for hydroxylation is 3. The molecule has 2 aliphatic rings. The summed E-state index contributed by atoms with van der Waals surface area (Å²) in [7, 11) is 0. The molecule has 3 aromatic rings. The third-order valence-corrected chi connectivity index (χ3v) is 7.33. The van der Waals surface area contributed by atoms with Crippen LogP contribution >= 0.6 is 0 Å². The van der Waals surface area contributed by atoms with Gasteiger partial charge in [-0.2, -0.15) is 0 Å². The minimum atomic E-state index is 0.378. The highest BCUT2D eigenvalue weighted by molar-refractivity contribution is 5.93. The molecule has 1 atom stereocenters. The molecule has 33 heavy (non-hydrogen) atoms. The van der Waals surface area contributed by atoms with E-state index in [1.807, 2.05) is 6.08 Å². The van der Waals surface area contributed by atoms with Crippen molar-refractivity contribution in [1.29, 1.82) is 0 Å². The Morgan fingerprint density at radius 1 is 0.909 bits per heavy atom. The zero-order valence-electron chi connectivity index (χ0n) is 20.5. The molecule has 0 radical (unpaired) electrons. The van der Waals surface area contributed by atoms with Gasteiger partial charge in [0.25, 0.3) is 0 Å². The summed E-state index contributed by atoms with van der Waals surface area (Å²) in [6, 6.07) is 8.82. The molecule has 2 N–H and O–H groups in total. The average molecular weight is 437 g/mol. The minimum absolute atomic E-state index is 0.378. The zero-order chi connectivity index (χ0) is 23.4. The van der Waals surface area contributed by atoms with Crippen molar-refractivity contribution in [1.82, 2.24) is 19.9 Å². The van der Waals surface area contributed by atoms with Crippen molar-refractivity contribution in [3.05, 3.63) is 75.9 Å². The van der Waals surface area contributed by atoms with E-state index >= 15 is 0 Å². The molecule has 2 aliphatic heterocycles. The van der Waals surface area contributed by atoms with Gasteiger partial charge in [-0.05, 0) is 92.6 Å². The maximum absolute atomic E-state index is 5.07. The van der Waals surface area contributed by atoms with Crippen LogP contribution in [-0.2, 0) is 6.42 Å². The number of aromatic amines is 2. The van der Waals surface area contributed by atoms with E-state index in [2.05, 4.69) is 82.4 Å². The van der Waals surface area contributed by atoms with Gasteiger partial charge in [0, 0.05) is 44.9 Å². The summed E-state index contributed by atoms with van der Waals surface area (Å²) in [6.07, 6.45) is 3.84. The van der Waals surface area contributed by atoms with Gasteiger partial charge in [0.1, 0.15) is 0 Å². The molecule has 0 amide bonds. The molecule has 0 fully saturated rings. The normalized spacial score (nSPS) is 15.9. The fourth-order valence-electron chi connectivity index (χ4n) is 5.13. The van der Waals surface area contributed by atoms with E-state index < -0.39 is 0 Å². The second-order valence-electron chi connectivity index (χ2n) is 9.46. The molecule has 4 heteroatoms. The molecule has 0 aromatic carbocycles. The van der Waals surface area contributed by atoms with E-state index in [9.17, 15) is 0 Å². The summed E-state index contributed by atoms with van der Waals surface area (Å²) in [5.74, 6) is 0.378. The largest absolute Gasteiger partial charge is 0.355 e. The summed E-state index contributed by atoms with van der Waals surface area (Å²) < 4.78 is 0. The second-order valence-corrected chi connectivity index (χ2v) is 9.46. The van der Waals surface area contributed by atoms with Crippen LogP contribution in [0.2, 0.25) is 0 Å². The maximum Gasteiger partial charge on any atom is 0.0693 e. The number of hydrogen-bond donors (Lipinski definition) is 2. The van der Waals surface area contributed by atoms with Crippen LogP contribution in [0.4, 0.5) is 0 Å². The third kappa shape index (κ3) is 3.45. The molecule has 5 heterocycles. The highest BCUT2D eigenvalue weighted by atomic mass is 14.8. The fraction of sp³-hybridized carbons (Fsp3) is 0.310. The Hall–Kier alpha value is -3.40. The lowest BCUT2D eigenvalue weighted by Gasteiger charge is -2.00. The van der Waals surface area contributed by atoms with Crippen molar-refractivity contribution in [3.63, 3.8) is 0 Å². The van der Waals surface area contributed by atoms with E-state index in [-0.39, 0.29) is 0 Å². The van der Waals surface area contributed by atoms with Crippen molar-refractivity contribution < 1.29 is 0 Å². The van der Waals surface area contributed by atoms with Gasteiger partial charge in [0.2, 0.25) is 0 Å². The number of aromatic nitrogens is 4. The Morgan fingerprint density at radius 3 is 2.33 bits per heavy atom. The standard InChI is InChI=1S/C29H32N4/c1-8-20-18(6)27-14-29-21(9-2)17(5)26(32-29)12-22-15(3)10-24(30-22)19(7)25-11-16(4)23(31-25)13-28(20)33-27/h9,11-15,31-32H,2,8,10H2,1,3-7H3. The number of hydrogen-bond acceptors (Lipinski definition) is 2.